The Morgan fingerprint density at radius 3 is 2.85 bits per heavy atom. The van der Waals surface area contributed by atoms with Gasteiger partial charge in [-0.1, -0.05) is 0 Å². The summed E-state index contributed by atoms with van der Waals surface area (Å²) in [6.07, 6.45) is 2.94. The zero-order valence-corrected chi connectivity index (χ0v) is 13.4. The van der Waals surface area contributed by atoms with Crippen molar-refractivity contribution in [2.75, 3.05) is 7.11 Å². The third-order valence-corrected chi connectivity index (χ3v) is 3.80. The molecule has 0 atom stereocenters. The summed E-state index contributed by atoms with van der Waals surface area (Å²) in [5.41, 5.74) is -0.000703. The molecule has 0 aliphatic rings. The lowest BCUT2D eigenvalue weighted by Gasteiger charge is -2.08. The van der Waals surface area contributed by atoms with E-state index in [1.807, 2.05) is 0 Å². The van der Waals surface area contributed by atoms with Crippen molar-refractivity contribution in [1.29, 1.82) is 0 Å². The monoisotopic (exact) mass is 355 g/mol. The summed E-state index contributed by atoms with van der Waals surface area (Å²) < 4.78 is 34.1. The first-order valence-corrected chi connectivity index (χ1v) is 7.50. The summed E-state index contributed by atoms with van der Waals surface area (Å²) in [4.78, 5) is 27.4. The van der Waals surface area contributed by atoms with Crippen LogP contribution in [-0.4, -0.2) is 31.6 Å². The SMILES string of the molecule is COc1ncccc1-n1cnc2nc(-c3cc(F)ccc3F)[nH]c(=O)c21. The number of rotatable bonds is 3. The van der Waals surface area contributed by atoms with E-state index in [0.29, 0.717) is 11.6 Å². The van der Waals surface area contributed by atoms with Crippen molar-refractivity contribution in [3.05, 3.63) is 64.8 Å². The third-order valence-electron chi connectivity index (χ3n) is 3.80. The maximum atomic E-state index is 14.0. The molecule has 3 aromatic heterocycles. The van der Waals surface area contributed by atoms with E-state index in [0.717, 1.165) is 18.2 Å². The van der Waals surface area contributed by atoms with Crippen molar-refractivity contribution < 1.29 is 13.5 Å². The number of nitrogens with zero attached hydrogens (tertiary/aromatic N) is 4. The Bertz CT molecular complexity index is 1190. The van der Waals surface area contributed by atoms with Gasteiger partial charge < -0.3 is 9.72 Å². The normalized spacial score (nSPS) is 11.0. The smallest absolute Gasteiger partial charge is 0.277 e. The van der Waals surface area contributed by atoms with E-state index in [1.165, 1.54) is 18.0 Å². The van der Waals surface area contributed by atoms with Crippen molar-refractivity contribution in [1.82, 2.24) is 24.5 Å². The molecule has 0 aliphatic carbocycles. The van der Waals surface area contributed by atoms with Crippen LogP contribution in [0.3, 0.4) is 0 Å². The van der Waals surface area contributed by atoms with E-state index in [9.17, 15) is 13.6 Å². The van der Waals surface area contributed by atoms with Crippen LogP contribution in [-0.2, 0) is 0 Å². The van der Waals surface area contributed by atoms with E-state index >= 15 is 0 Å². The summed E-state index contributed by atoms with van der Waals surface area (Å²) in [6, 6.07) is 6.29. The summed E-state index contributed by atoms with van der Waals surface area (Å²) in [5, 5.41) is 0. The van der Waals surface area contributed by atoms with Gasteiger partial charge in [0.05, 0.1) is 12.7 Å². The van der Waals surface area contributed by atoms with E-state index < -0.39 is 17.2 Å². The second-order valence-electron chi connectivity index (χ2n) is 5.36. The molecule has 1 aromatic carbocycles. The van der Waals surface area contributed by atoms with Crippen LogP contribution in [0.15, 0.2) is 47.7 Å². The number of hydrogen-bond acceptors (Lipinski definition) is 5. The van der Waals surface area contributed by atoms with Gasteiger partial charge >= 0.3 is 0 Å². The van der Waals surface area contributed by atoms with Gasteiger partial charge in [0.2, 0.25) is 5.88 Å². The molecule has 1 N–H and O–H groups in total. The summed E-state index contributed by atoms with van der Waals surface area (Å²) in [5.74, 6) is -1.16. The van der Waals surface area contributed by atoms with Crippen LogP contribution in [0.25, 0.3) is 28.2 Å². The molecule has 0 aliphatic heterocycles. The van der Waals surface area contributed by atoms with Gasteiger partial charge in [-0.2, -0.15) is 0 Å². The van der Waals surface area contributed by atoms with Gasteiger partial charge in [-0.25, -0.2) is 23.7 Å². The number of nitrogens with one attached hydrogen (secondary N) is 1. The Morgan fingerprint density at radius 2 is 2.04 bits per heavy atom. The van der Waals surface area contributed by atoms with Gasteiger partial charge in [0.25, 0.3) is 5.56 Å². The van der Waals surface area contributed by atoms with Crippen molar-refractivity contribution in [2.45, 2.75) is 0 Å². The molecule has 4 aromatic rings. The molecule has 7 nitrogen and oxygen atoms in total. The third kappa shape index (κ3) is 2.50. The summed E-state index contributed by atoms with van der Waals surface area (Å²) in [6.45, 7) is 0. The number of ether oxygens (including phenoxy) is 1. The molecule has 0 amide bonds. The molecule has 130 valence electrons. The Kier molecular flexibility index (Phi) is 3.68. The average molecular weight is 355 g/mol. The molecule has 9 heteroatoms. The van der Waals surface area contributed by atoms with Crippen LogP contribution >= 0.6 is 0 Å². The minimum absolute atomic E-state index is 0.0818. The second-order valence-corrected chi connectivity index (χ2v) is 5.36. The summed E-state index contributed by atoms with van der Waals surface area (Å²) >= 11 is 0. The fourth-order valence-corrected chi connectivity index (χ4v) is 2.64. The standard InChI is InChI=1S/C17H11F2N5O2/c1-26-17-12(3-2-6-20-17)24-8-21-15-13(24)16(25)23-14(22-15)10-7-9(18)4-5-11(10)19/h2-8H,1H3,(H,22,23,25). The quantitative estimate of drug-likeness (QED) is 0.610. The fraction of sp³-hybridized carbons (Fsp3) is 0.0588. The largest absolute Gasteiger partial charge is 0.480 e. The van der Waals surface area contributed by atoms with Crippen LogP contribution in [0.4, 0.5) is 8.78 Å². The first kappa shape index (κ1) is 15.9. The van der Waals surface area contributed by atoms with E-state index in [-0.39, 0.29) is 22.6 Å². The van der Waals surface area contributed by atoms with Gasteiger partial charge in [0.15, 0.2) is 11.2 Å². The predicted molar refractivity (Wildman–Crippen MR) is 89.2 cm³/mol. The first-order valence-electron chi connectivity index (χ1n) is 7.50. The van der Waals surface area contributed by atoms with Crippen molar-refractivity contribution in [3.8, 4) is 23.0 Å². The average Bonchev–Trinajstić information content (AvgIpc) is 3.08. The molecule has 0 radical (unpaired) electrons. The predicted octanol–water partition coefficient (Wildman–Crippen LogP) is 2.46. The number of pyridine rings is 1. The number of fused-ring (bicyclic) bond motifs is 1. The number of hydrogen-bond donors (Lipinski definition) is 1. The molecule has 0 spiro atoms. The Hall–Kier alpha value is -3.62. The molecule has 4 rings (SSSR count). The lowest BCUT2D eigenvalue weighted by Crippen LogP contribution is -2.13. The van der Waals surface area contributed by atoms with Gasteiger partial charge in [-0.05, 0) is 30.3 Å². The first-order chi connectivity index (χ1) is 12.6. The lowest BCUT2D eigenvalue weighted by molar-refractivity contribution is 0.396. The highest BCUT2D eigenvalue weighted by molar-refractivity contribution is 5.75. The zero-order valence-electron chi connectivity index (χ0n) is 13.4. The van der Waals surface area contributed by atoms with Crippen LogP contribution in [0, 0.1) is 11.6 Å². The number of benzene rings is 1. The van der Waals surface area contributed by atoms with E-state index in [2.05, 4.69) is 19.9 Å². The minimum Gasteiger partial charge on any atom is -0.480 e. The number of aromatic amines is 1. The maximum absolute atomic E-state index is 14.0. The maximum Gasteiger partial charge on any atom is 0.277 e. The van der Waals surface area contributed by atoms with Gasteiger partial charge in [-0.15, -0.1) is 0 Å². The molecule has 0 saturated heterocycles. The molecule has 3 heterocycles. The van der Waals surface area contributed by atoms with Crippen molar-refractivity contribution in [2.24, 2.45) is 0 Å². The highest BCUT2D eigenvalue weighted by atomic mass is 19.1. The molecule has 0 unspecified atom stereocenters. The molecule has 0 saturated carbocycles. The molecular formula is C17H11F2N5O2. The highest BCUT2D eigenvalue weighted by Gasteiger charge is 2.17. The molecule has 26 heavy (non-hydrogen) atoms. The van der Waals surface area contributed by atoms with E-state index in [4.69, 9.17) is 4.74 Å². The number of methoxy groups -OCH3 is 1. The Balaban J connectivity index is 1.94. The topological polar surface area (TPSA) is 85.7 Å². The van der Waals surface area contributed by atoms with Gasteiger partial charge in [0, 0.05) is 6.20 Å². The highest BCUT2D eigenvalue weighted by Crippen LogP contribution is 2.24. The fourth-order valence-electron chi connectivity index (χ4n) is 2.64. The molecular weight excluding hydrogens is 344 g/mol. The number of aromatic nitrogens is 5. The zero-order chi connectivity index (χ0) is 18.3. The second kappa shape index (κ2) is 6.03. The Labute approximate surface area is 144 Å². The number of imidazole rings is 1. The van der Waals surface area contributed by atoms with E-state index in [1.54, 1.807) is 18.3 Å². The summed E-state index contributed by atoms with van der Waals surface area (Å²) in [7, 11) is 1.46. The lowest BCUT2D eigenvalue weighted by atomic mass is 10.2. The van der Waals surface area contributed by atoms with Crippen molar-refractivity contribution >= 4 is 11.2 Å². The van der Waals surface area contributed by atoms with Gasteiger partial charge in [0.1, 0.15) is 29.5 Å². The number of H-pyrrole nitrogens is 1. The van der Waals surface area contributed by atoms with Crippen LogP contribution in [0.1, 0.15) is 0 Å². The Morgan fingerprint density at radius 1 is 1.19 bits per heavy atom. The molecule has 0 fully saturated rings. The van der Waals surface area contributed by atoms with Crippen molar-refractivity contribution in [3.63, 3.8) is 0 Å². The van der Waals surface area contributed by atoms with Crippen LogP contribution < -0.4 is 10.3 Å². The molecule has 0 bridgehead atoms. The van der Waals surface area contributed by atoms with Crippen LogP contribution in [0.2, 0.25) is 0 Å². The minimum atomic E-state index is -0.706. The van der Waals surface area contributed by atoms with Crippen LogP contribution in [0.5, 0.6) is 5.88 Å². The van der Waals surface area contributed by atoms with Gasteiger partial charge in [-0.3, -0.25) is 9.36 Å². The number of halogens is 2.